The van der Waals surface area contributed by atoms with Crippen molar-refractivity contribution in [2.45, 2.75) is 37.1 Å². The number of nitrogens with zero attached hydrogens (tertiary/aromatic N) is 1. The lowest BCUT2D eigenvalue weighted by Crippen LogP contribution is -2.31. The fourth-order valence-corrected chi connectivity index (χ4v) is 4.79. The number of hydrogen-bond acceptors (Lipinski definition) is 2. The van der Waals surface area contributed by atoms with Crippen LogP contribution in [0.3, 0.4) is 0 Å². The summed E-state index contributed by atoms with van der Waals surface area (Å²) in [4.78, 5) is 0.276. The Hall–Kier alpha value is -1.72. The number of sulfonamides is 1. The van der Waals surface area contributed by atoms with E-state index >= 15 is 0 Å². The highest BCUT2D eigenvalue weighted by molar-refractivity contribution is 7.89. The van der Waals surface area contributed by atoms with Gasteiger partial charge in [0.1, 0.15) is 5.82 Å². The van der Waals surface area contributed by atoms with Crippen molar-refractivity contribution in [1.82, 2.24) is 4.31 Å². The third-order valence-corrected chi connectivity index (χ3v) is 6.33. The number of benzene rings is 2. The molecular weight excluding hydrogens is 313 g/mol. The van der Waals surface area contributed by atoms with Gasteiger partial charge in [-0.1, -0.05) is 37.3 Å². The van der Waals surface area contributed by atoms with E-state index in [1.807, 2.05) is 19.1 Å². The summed E-state index contributed by atoms with van der Waals surface area (Å²) in [6.45, 7) is 2.45. The van der Waals surface area contributed by atoms with Gasteiger partial charge in [-0.15, -0.1) is 0 Å². The zero-order valence-electron chi connectivity index (χ0n) is 13.1. The normalized spacial score (nSPS) is 19.1. The van der Waals surface area contributed by atoms with Crippen LogP contribution in [-0.2, 0) is 16.4 Å². The average Bonchev–Trinajstić information content (AvgIpc) is 3.05. The lowest BCUT2D eigenvalue weighted by atomic mass is 10.1. The molecule has 1 saturated heterocycles. The second-order valence-corrected chi connectivity index (χ2v) is 7.68. The minimum atomic E-state index is -3.61. The van der Waals surface area contributed by atoms with Gasteiger partial charge in [-0.05, 0) is 43.0 Å². The highest BCUT2D eigenvalue weighted by atomic mass is 32.2. The van der Waals surface area contributed by atoms with Gasteiger partial charge in [0.25, 0.3) is 0 Å². The van der Waals surface area contributed by atoms with Crippen molar-refractivity contribution in [3.63, 3.8) is 0 Å². The first-order valence-corrected chi connectivity index (χ1v) is 9.33. The molecule has 0 saturated carbocycles. The highest BCUT2D eigenvalue weighted by Crippen LogP contribution is 2.37. The van der Waals surface area contributed by atoms with Gasteiger partial charge < -0.3 is 0 Å². The standard InChI is InChI=1S/C18H20FNO2S/c1-2-14-9-11-15(12-10-14)23(21,22)20-13-5-8-18(20)16-6-3-4-7-17(16)19/h3-4,6-7,9-12,18H,2,5,8,13H2,1H3/t18-/m1/s1. The van der Waals surface area contributed by atoms with Crippen LogP contribution in [0.2, 0.25) is 0 Å². The Kier molecular flexibility index (Phi) is 4.50. The first-order chi connectivity index (χ1) is 11.0. The van der Waals surface area contributed by atoms with E-state index in [1.165, 1.54) is 10.4 Å². The molecule has 0 aromatic heterocycles. The maximum atomic E-state index is 14.1. The smallest absolute Gasteiger partial charge is 0.207 e. The van der Waals surface area contributed by atoms with E-state index in [9.17, 15) is 12.8 Å². The second kappa shape index (κ2) is 6.42. The molecule has 2 aromatic rings. The molecule has 0 bridgehead atoms. The molecule has 0 N–H and O–H groups in total. The maximum Gasteiger partial charge on any atom is 0.243 e. The van der Waals surface area contributed by atoms with Crippen LogP contribution in [0.1, 0.15) is 36.9 Å². The summed E-state index contributed by atoms with van der Waals surface area (Å²) >= 11 is 0. The third-order valence-electron chi connectivity index (χ3n) is 4.41. The molecule has 5 heteroatoms. The molecule has 1 aliphatic rings. The van der Waals surface area contributed by atoms with Gasteiger partial charge in [-0.2, -0.15) is 4.31 Å². The van der Waals surface area contributed by atoms with Crippen molar-refractivity contribution in [2.75, 3.05) is 6.54 Å². The van der Waals surface area contributed by atoms with Crippen LogP contribution in [0.15, 0.2) is 53.4 Å². The van der Waals surface area contributed by atoms with Gasteiger partial charge in [0.15, 0.2) is 0 Å². The molecule has 0 amide bonds. The average molecular weight is 333 g/mol. The summed E-state index contributed by atoms with van der Waals surface area (Å²) in [5.74, 6) is -0.346. The maximum absolute atomic E-state index is 14.1. The van der Waals surface area contributed by atoms with Crippen molar-refractivity contribution in [1.29, 1.82) is 0 Å². The Labute approximate surface area is 136 Å². The van der Waals surface area contributed by atoms with E-state index < -0.39 is 16.1 Å². The van der Waals surface area contributed by atoms with E-state index in [4.69, 9.17) is 0 Å². The molecule has 0 spiro atoms. The van der Waals surface area contributed by atoms with Crippen LogP contribution in [0.5, 0.6) is 0 Å². The fourth-order valence-electron chi connectivity index (χ4n) is 3.12. The van der Waals surface area contributed by atoms with E-state index in [1.54, 1.807) is 30.3 Å². The quantitative estimate of drug-likeness (QED) is 0.850. The topological polar surface area (TPSA) is 37.4 Å². The van der Waals surface area contributed by atoms with Crippen molar-refractivity contribution in [3.8, 4) is 0 Å². The molecule has 1 aliphatic heterocycles. The third kappa shape index (κ3) is 3.03. The van der Waals surface area contributed by atoms with Crippen LogP contribution in [0, 0.1) is 5.82 Å². The summed E-state index contributed by atoms with van der Waals surface area (Å²) < 4.78 is 41.4. The summed E-state index contributed by atoms with van der Waals surface area (Å²) in [7, 11) is -3.61. The molecular formula is C18H20FNO2S. The number of hydrogen-bond donors (Lipinski definition) is 0. The summed E-state index contributed by atoms with van der Waals surface area (Å²) in [5.41, 5.74) is 1.55. The molecule has 122 valence electrons. The van der Waals surface area contributed by atoms with Crippen LogP contribution in [0.25, 0.3) is 0 Å². The largest absolute Gasteiger partial charge is 0.243 e. The van der Waals surface area contributed by atoms with Crippen LogP contribution < -0.4 is 0 Å². The van der Waals surface area contributed by atoms with Gasteiger partial charge in [0.05, 0.1) is 10.9 Å². The van der Waals surface area contributed by atoms with Gasteiger partial charge in [-0.25, -0.2) is 12.8 Å². The minimum Gasteiger partial charge on any atom is -0.207 e. The molecule has 2 aromatic carbocycles. The summed E-state index contributed by atoms with van der Waals surface area (Å²) in [5, 5.41) is 0. The minimum absolute atomic E-state index is 0.276. The Morgan fingerprint density at radius 1 is 1.13 bits per heavy atom. The highest BCUT2D eigenvalue weighted by Gasteiger charge is 2.37. The molecule has 23 heavy (non-hydrogen) atoms. The van der Waals surface area contributed by atoms with Gasteiger partial charge in [0.2, 0.25) is 10.0 Å². The first kappa shape index (κ1) is 16.1. The summed E-state index contributed by atoms with van der Waals surface area (Å²) in [6.07, 6.45) is 2.25. The van der Waals surface area contributed by atoms with Gasteiger partial charge in [0, 0.05) is 12.1 Å². The van der Waals surface area contributed by atoms with Gasteiger partial charge >= 0.3 is 0 Å². The molecule has 1 heterocycles. The predicted molar refractivity (Wildman–Crippen MR) is 88.1 cm³/mol. The fraction of sp³-hybridized carbons (Fsp3) is 0.333. The van der Waals surface area contributed by atoms with E-state index in [2.05, 4.69) is 0 Å². The first-order valence-electron chi connectivity index (χ1n) is 7.89. The van der Waals surface area contributed by atoms with Crippen molar-refractivity contribution < 1.29 is 12.8 Å². The van der Waals surface area contributed by atoms with E-state index in [0.717, 1.165) is 18.4 Å². The Balaban J connectivity index is 1.96. The molecule has 0 unspecified atom stereocenters. The SMILES string of the molecule is CCc1ccc(S(=O)(=O)N2CCC[C@@H]2c2ccccc2F)cc1. The zero-order valence-corrected chi connectivity index (χ0v) is 13.9. The summed E-state index contributed by atoms with van der Waals surface area (Å²) in [6, 6.07) is 13.0. The Morgan fingerprint density at radius 2 is 1.83 bits per heavy atom. The van der Waals surface area contributed by atoms with Crippen molar-refractivity contribution in [3.05, 3.63) is 65.5 Å². The Morgan fingerprint density at radius 3 is 2.48 bits per heavy atom. The number of aryl methyl sites for hydroxylation is 1. The second-order valence-electron chi connectivity index (χ2n) is 5.79. The zero-order chi connectivity index (χ0) is 16.4. The number of halogens is 1. The monoisotopic (exact) mass is 333 g/mol. The molecule has 3 nitrogen and oxygen atoms in total. The lowest BCUT2D eigenvalue weighted by molar-refractivity contribution is 0.386. The van der Waals surface area contributed by atoms with Crippen LogP contribution in [-0.4, -0.2) is 19.3 Å². The van der Waals surface area contributed by atoms with Crippen LogP contribution in [0.4, 0.5) is 4.39 Å². The van der Waals surface area contributed by atoms with Crippen LogP contribution >= 0.6 is 0 Å². The number of rotatable bonds is 4. The van der Waals surface area contributed by atoms with Gasteiger partial charge in [-0.3, -0.25) is 0 Å². The van der Waals surface area contributed by atoms with E-state index in [0.29, 0.717) is 18.5 Å². The Bertz CT molecular complexity index is 787. The predicted octanol–water partition coefficient (Wildman–Crippen LogP) is 3.91. The molecule has 1 fully saturated rings. The molecule has 1 atom stereocenters. The molecule has 0 radical (unpaired) electrons. The van der Waals surface area contributed by atoms with Crippen molar-refractivity contribution >= 4 is 10.0 Å². The van der Waals surface area contributed by atoms with E-state index in [-0.39, 0.29) is 10.7 Å². The molecule has 0 aliphatic carbocycles. The van der Waals surface area contributed by atoms with Crippen molar-refractivity contribution in [2.24, 2.45) is 0 Å². The molecule has 3 rings (SSSR count). The lowest BCUT2D eigenvalue weighted by Gasteiger charge is -2.24.